The molecule has 1 N–H and O–H groups in total. The number of carboxylic acid groups (broad SMARTS) is 1. The molecule has 0 aromatic heterocycles. The molecule has 6 nitrogen and oxygen atoms in total. The Morgan fingerprint density at radius 2 is 2.05 bits per heavy atom. The molecule has 0 saturated carbocycles. The molecular formula is C13H14Cl2N2O4. The number of halogens is 2. The van der Waals surface area contributed by atoms with E-state index in [2.05, 4.69) is 0 Å². The molecule has 0 spiro atoms. The zero-order valence-electron chi connectivity index (χ0n) is 11.1. The summed E-state index contributed by atoms with van der Waals surface area (Å²) < 4.78 is 0. The predicted octanol–water partition coefficient (Wildman–Crippen LogP) is 3.74. The van der Waals surface area contributed by atoms with Crippen LogP contribution in [0, 0.1) is 10.1 Å². The van der Waals surface area contributed by atoms with Crippen molar-refractivity contribution < 1.29 is 14.8 Å². The van der Waals surface area contributed by atoms with Gasteiger partial charge in [0.1, 0.15) is 5.69 Å². The number of nitrogens with zero attached hydrogens (tertiary/aromatic N) is 2. The van der Waals surface area contributed by atoms with E-state index in [1.165, 1.54) is 12.1 Å². The molecule has 1 aromatic carbocycles. The molecule has 1 saturated heterocycles. The molecular weight excluding hydrogens is 319 g/mol. The van der Waals surface area contributed by atoms with E-state index < -0.39 is 10.9 Å². The van der Waals surface area contributed by atoms with Gasteiger partial charge in [-0.05, 0) is 25.3 Å². The lowest BCUT2D eigenvalue weighted by atomic mass is 9.98. The van der Waals surface area contributed by atoms with E-state index in [-0.39, 0.29) is 28.2 Å². The topological polar surface area (TPSA) is 83.7 Å². The highest BCUT2D eigenvalue weighted by Gasteiger charge is 2.30. The van der Waals surface area contributed by atoms with Gasteiger partial charge in [-0.15, -0.1) is 0 Å². The van der Waals surface area contributed by atoms with E-state index in [0.717, 1.165) is 12.8 Å². The van der Waals surface area contributed by atoms with Gasteiger partial charge < -0.3 is 10.0 Å². The molecule has 0 bridgehead atoms. The maximum Gasteiger partial charge on any atom is 0.305 e. The molecule has 2 rings (SSSR count). The number of hydrogen-bond donors (Lipinski definition) is 1. The molecule has 1 aliphatic rings. The highest BCUT2D eigenvalue weighted by molar-refractivity contribution is 6.42. The first kappa shape index (κ1) is 15.9. The fourth-order valence-corrected chi connectivity index (χ4v) is 2.95. The number of nitro groups is 1. The average molecular weight is 333 g/mol. The van der Waals surface area contributed by atoms with Crippen LogP contribution >= 0.6 is 23.2 Å². The van der Waals surface area contributed by atoms with Gasteiger partial charge in [0.2, 0.25) is 0 Å². The first-order valence-electron chi connectivity index (χ1n) is 6.52. The van der Waals surface area contributed by atoms with Crippen LogP contribution in [0.3, 0.4) is 0 Å². The van der Waals surface area contributed by atoms with Crippen molar-refractivity contribution in [2.24, 2.45) is 0 Å². The van der Waals surface area contributed by atoms with Crippen LogP contribution in [0.15, 0.2) is 12.1 Å². The maximum absolute atomic E-state index is 11.2. The number of anilines is 1. The molecule has 0 aliphatic carbocycles. The first-order valence-corrected chi connectivity index (χ1v) is 7.27. The van der Waals surface area contributed by atoms with E-state index in [1.54, 1.807) is 4.90 Å². The Balaban J connectivity index is 2.44. The van der Waals surface area contributed by atoms with Crippen LogP contribution in [0.2, 0.25) is 10.0 Å². The summed E-state index contributed by atoms with van der Waals surface area (Å²) in [7, 11) is 0. The van der Waals surface area contributed by atoms with Crippen LogP contribution in [0.4, 0.5) is 11.4 Å². The molecule has 1 fully saturated rings. The van der Waals surface area contributed by atoms with Gasteiger partial charge in [-0.2, -0.15) is 0 Å². The predicted molar refractivity (Wildman–Crippen MR) is 80.4 cm³/mol. The van der Waals surface area contributed by atoms with Crippen molar-refractivity contribution in [3.8, 4) is 0 Å². The van der Waals surface area contributed by atoms with Gasteiger partial charge in [-0.1, -0.05) is 23.2 Å². The minimum absolute atomic E-state index is 0.0581. The van der Waals surface area contributed by atoms with Crippen LogP contribution in [0.25, 0.3) is 0 Å². The standard InChI is InChI=1S/C13H14Cl2N2O4/c14-9-6-11(12(17(20)21)7-10(9)15)16-4-2-1-3-8(16)5-13(18)19/h6-8H,1-5H2,(H,18,19). The Morgan fingerprint density at radius 3 is 2.67 bits per heavy atom. The molecule has 0 radical (unpaired) electrons. The highest BCUT2D eigenvalue weighted by atomic mass is 35.5. The number of benzene rings is 1. The van der Waals surface area contributed by atoms with Crippen LogP contribution in [-0.4, -0.2) is 28.6 Å². The minimum atomic E-state index is -0.922. The van der Waals surface area contributed by atoms with E-state index in [0.29, 0.717) is 18.7 Å². The normalized spacial score (nSPS) is 18.6. The number of hydrogen-bond acceptors (Lipinski definition) is 4. The lowest BCUT2D eigenvalue weighted by Crippen LogP contribution is -2.41. The van der Waals surface area contributed by atoms with Gasteiger partial charge in [0.05, 0.1) is 21.4 Å². The largest absolute Gasteiger partial charge is 0.481 e. The number of piperidine rings is 1. The molecule has 1 aromatic rings. The minimum Gasteiger partial charge on any atom is -0.481 e. The summed E-state index contributed by atoms with van der Waals surface area (Å²) in [6, 6.07) is 2.39. The summed E-state index contributed by atoms with van der Waals surface area (Å²) in [5.41, 5.74) is 0.182. The Hall–Kier alpha value is -1.53. The molecule has 114 valence electrons. The van der Waals surface area contributed by atoms with Crippen molar-refractivity contribution in [3.63, 3.8) is 0 Å². The van der Waals surface area contributed by atoms with Gasteiger partial charge in [-0.3, -0.25) is 14.9 Å². The zero-order valence-corrected chi connectivity index (χ0v) is 12.6. The summed E-state index contributed by atoms with van der Waals surface area (Å²) in [5.74, 6) is -0.922. The third-order valence-corrected chi connectivity index (χ3v) is 4.28. The monoisotopic (exact) mass is 332 g/mol. The van der Waals surface area contributed by atoms with Crippen LogP contribution in [0.5, 0.6) is 0 Å². The number of rotatable bonds is 4. The third-order valence-electron chi connectivity index (χ3n) is 3.56. The summed E-state index contributed by atoms with van der Waals surface area (Å²) in [6.07, 6.45) is 2.39. The van der Waals surface area contributed by atoms with E-state index in [4.69, 9.17) is 28.3 Å². The molecule has 1 aliphatic heterocycles. The fourth-order valence-electron chi connectivity index (χ4n) is 2.63. The summed E-state index contributed by atoms with van der Waals surface area (Å²) in [4.78, 5) is 23.4. The molecule has 1 atom stereocenters. The van der Waals surface area contributed by atoms with E-state index >= 15 is 0 Å². The van der Waals surface area contributed by atoms with Gasteiger partial charge in [0.25, 0.3) is 5.69 Å². The maximum atomic E-state index is 11.2. The summed E-state index contributed by atoms with van der Waals surface area (Å²) in [5, 5.41) is 20.5. The van der Waals surface area contributed by atoms with Crippen LogP contribution in [0.1, 0.15) is 25.7 Å². The second-order valence-corrected chi connectivity index (χ2v) is 5.77. The molecule has 8 heteroatoms. The lowest BCUT2D eigenvalue weighted by molar-refractivity contribution is -0.384. The SMILES string of the molecule is O=C(O)CC1CCCCN1c1cc(Cl)c(Cl)cc1[N+](=O)[O-]. The third kappa shape index (κ3) is 3.57. The zero-order chi connectivity index (χ0) is 15.6. The van der Waals surface area contributed by atoms with E-state index in [9.17, 15) is 14.9 Å². The number of carboxylic acids is 1. The summed E-state index contributed by atoms with van der Waals surface area (Å²) >= 11 is 11.8. The number of aliphatic carboxylic acids is 1. The Kier molecular flexibility index (Phi) is 4.90. The van der Waals surface area contributed by atoms with Crippen LogP contribution in [-0.2, 0) is 4.79 Å². The van der Waals surface area contributed by atoms with Crippen molar-refractivity contribution in [1.29, 1.82) is 0 Å². The Bertz CT molecular complexity index is 580. The molecule has 0 amide bonds. The number of nitro benzene ring substituents is 1. The quantitative estimate of drug-likeness (QED) is 0.670. The highest BCUT2D eigenvalue weighted by Crippen LogP contribution is 2.39. The van der Waals surface area contributed by atoms with Crippen molar-refractivity contribution in [1.82, 2.24) is 0 Å². The molecule has 1 heterocycles. The van der Waals surface area contributed by atoms with Crippen LogP contribution < -0.4 is 4.90 Å². The van der Waals surface area contributed by atoms with Crippen molar-refractivity contribution in [2.75, 3.05) is 11.4 Å². The van der Waals surface area contributed by atoms with Gasteiger partial charge >= 0.3 is 5.97 Å². The Labute approximate surface area is 131 Å². The molecule has 1 unspecified atom stereocenters. The number of carbonyl (C=O) groups is 1. The second-order valence-electron chi connectivity index (χ2n) is 4.95. The summed E-state index contributed by atoms with van der Waals surface area (Å²) in [6.45, 7) is 0.566. The Morgan fingerprint density at radius 1 is 1.38 bits per heavy atom. The van der Waals surface area contributed by atoms with Crippen molar-refractivity contribution in [3.05, 3.63) is 32.3 Å². The van der Waals surface area contributed by atoms with E-state index in [1.807, 2.05) is 0 Å². The first-order chi connectivity index (χ1) is 9.90. The van der Waals surface area contributed by atoms with Gasteiger partial charge in [-0.25, -0.2) is 0 Å². The lowest BCUT2D eigenvalue weighted by Gasteiger charge is -2.36. The fraction of sp³-hybridized carbons (Fsp3) is 0.462. The van der Waals surface area contributed by atoms with Crippen molar-refractivity contribution in [2.45, 2.75) is 31.7 Å². The average Bonchev–Trinajstić information content (AvgIpc) is 2.41. The van der Waals surface area contributed by atoms with Gasteiger partial charge in [0, 0.05) is 18.7 Å². The molecule has 21 heavy (non-hydrogen) atoms. The van der Waals surface area contributed by atoms with Crippen molar-refractivity contribution >= 4 is 40.5 Å². The second kappa shape index (κ2) is 6.49. The smallest absolute Gasteiger partial charge is 0.305 e. The van der Waals surface area contributed by atoms with Gasteiger partial charge in [0.15, 0.2) is 0 Å².